The number of benzene rings is 2. The van der Waals surface area contributed by atoms with Gasteiger partial charge in [-0.05, 0) is 41.3 Å². The summed E-state index contributed by atoms with van der Waals surface area (Å²) >= 11 is 4.88. The maximum absolute atomic E-state index is 12.7. The highest BCUT2D eigenvalue weighted by molar-refractivity contribution is 9.10. The predicted octanol–water partition coefficient (Wildman–Crippen LogP) is 5.04. The van der Waals surface area contributed by atoms with Gasteiger partial charge in [0.2, 0.25) is 0 Å². The van der Waals surface area contributed by atoms with Crippen LogP contribution in [0.5, 0.6) is 0 Å². The zero-order chi connectivity index (χ0) is 18.5. The summed E-state index contributed by atoms with van der Waals surface area (Å²) < 4.78 is 0.969. The van der Waals surface area contributed by atoms with Crippen LogP contribution in [0.25, 0.3) is 0 Å². The second-order valence-corrected chi connectivity index (χ2v) is 7.57. The molecule has 0 unspecified atom stereocenters. The van der Waals surface area contributed by atoms with Gasteiger partial charge >= 0.3 is 0 Å². The summed E-state index contributed by atoms with van der Waals surface area (Å²) in [5.41, 5.74) is 2.16. The zero-order valence-electron chi connectivity index (χ0n) is 14.1. The van der Waals surface area contributed by atoms with Crippen LogP contribution in [0.1, 0.15) is 25.6 Å². The molecule has 2 aromatic carbocycles. The van der Waals surface area contributed by atoms with Crippen molar-refractivity contribution in [2.75, 3.05) is 12.4 Å². The second kappa shape index (κ2) is 8.29. The van der Waals surface area contributed by atoms with Crippen LogP contribution in [0, 0.1) is 0 Å². The molecule has 3 aromatic rings. The Balaban J connectivity index is 1.71. The first-order chi connectivity index (χ1) is 12.5. The molecule has 1 heterocycles. The van der Waals surface area contributed by atoms with Gasteiger partial charge in [0.15, 0.2) is 0 Å². The molecule has 6 heteroatoms. The molecule has 0 radical (unpaired) electrons. The number of carbonyl (C=O) groups is 2. The molecule has 132 valence electrons. The molecule has 0 bridgehead atoms. The molecule has 0 spiro atoms. The van der Waals surface area contributed by atoms with E-state index in [9.17, 15) is 9.59 Å². The highest BCUT2D eigenvalue weighted by Crippen LogP contribution is 2.20. The standard InChI is InChI=1S/C20H17BrN2O2S/c1-23(13-15-6-2-3-9-17(15)21)20(25)14-7-4-8-16(12-14)22-19(24)18-10-5-11-26-18/h2-12H,13H2,1H3,(H,22,24). The number of hydrogen-bond acceptors (Lipinski definition) is 3. The Hall–Kier alpha value is -2.44. The fraction of sp³-hybridized carbons (Fsp3) is 0.100. The van der Waals surface area contributed by atoms with Crippen LogP contribution in [0.4, 0.5) is 5.69 Å². The lowest BCUT2D eigenvalue weighted by Crippen LogP contribution is -2.26. The highest BCUT2D eigenvalue weighted by atomic mass is 79.9. The number of halogens is 1. The van der Waals surface area contributed by atoms with Crippen LogP contribution >= 0.6 is 27.3 Å². The number of anilines is 1. The van der Waals surface area contributed by atoms with Crippen molar-refractivity contribution in [2.24, 2.45) is 0 Å². The fourth-order valence-electron chi connectivity index (χ4n) is 2.50. The van der Waals surface area contributed by atoms with E-state index >= 15 is 0 Å². The van der Waals surface area contributed by atoms with E-state index < -0.39 is 0 Å². The third-order valence-electron chi connectivity index (χ3n) is 3.82. The van der Waals surface area contributed by atoms with Gasteiger partial charge in [-0.3, -0.25) is 9.59 Å². The highest BCUT2D eigenvalue weighted by Gasteiger charge is 2.14. The van der Waals surface area contributed by atoms with Gasteiger partial charge < -0.3 is 10.2 Å². The Morgan fingerprint density at radius 1 is 1.08 bits per heavy atom. The van der Waals surface area contributed by atoms with E-state index in [1.807, 2.05) is 35.7 Å². The molecular weight excluding hydrogens is 412 g/mol. The van der Waals surface area contributed by atoms with E-state index in [1.165, 1.54) is 11.3 Å². The van der Waals surface area contributed by atoms with E-state index in [2.05, 4.69) is 21.2 Å². The molecule has 0 fully saturated rings. The van der Waals surface area contributed by atoms with Crippen molar-refractivity contribution in [1.29, 1.82) is 0 Å². The van der Waals surface area contributed by atoms with Crippen molar-refractivity contribution >= 4 is 44.8 Å². The minimum Gasteiger partial charge on any atom is -0.337 e. The lowest BCUT2D eigenvalue weighted by molar-refractivity contribution is 0.0784. The normalized spacial score (nSPS) is 10.4. The topological polar surface area (TPSA) is 49.4 Å². The van der Waals surface area contributed by atoms with E-state index in [1.54, 1.807) is 42.3 Å². The molecule has 1 N–H and O–H groups in total. The molecule has 2 amide bonds. The van der Waals surface area contributed by atoms with Gasteiger partial charge in [0.05, 0.1) is 4.88 Å². The first kappa shape index (κ1) is 18.4. The van der Waals surface area contributed by atoms with Crippen molar-refractivity contribution < 1.29 is 9.59 Å². The van der Waals surface area contributed by atoms with Crippen molar-refractivity contribution in [1.82, 2.24) is 4.90 Å². The van der Waals surface area contributed by atoms with E-state index in [0.717, 1.165) is 10.0 Å². The SMILES string of the molecule is CN(Cc1ccccc1Br)C(=O)c1cccc(NC(=O)c2cccs2)c1. The molecule has 4 nitrogen and oxygen atoms in total. The van der Waals surface area contributed by atoms with Crippen LogP contribution in [-0.4, -0.2) is 23.8 Å². The lowest BCUT2D eigenvalue weighted by atomic mass is 10.1. The van der Waals surface area contributed by atoms with E-state index in [4.69, 9.17) is 0 Å². The smallest absolute Gasteiger partial charge is 0.265 e. The maximum Gasteiger partial charge on any atom is 0.265 e. The minimum atomic E-state index is -0.175. The molecule has 0 aliphatic carbocycles. The second-order valence-electron chi connectivity index (χ2n) is 5.76. The van der Waals surface area contributed by atoms with Crippen molar-refractivity contribution in [3.63, 3.8) is 0 Å². The summed E-state index contributed by atoms with van der Waals surface area (Å²) in [5, 5.41) is 4.68. The van der Waals surface area contributed by atoms with Gasteiger partial charge in [0, 0.05) is 29.3 Å². The van der Waals surface area contributed by atoms with Gasteiger partial charge in [0.1, 0.15) is 0 Å². The number of hydrogen-bond donors (Lipinski definition) is 1. The molecular formula is C20H17BrN2O2S. The summed E-state index contributed by atoms with van der Waals surface area (Å²) in [6.45, 7) is 0.492. The Kier molecular flexibility index (Phi) is 5.85. The largest absolute Gasteiger partial charge is 0.337 e. The Bertz CT molecular complexity index is 925. The number of thiophene rings is 1. The molecule has 26 heavy (non-hydrogen) atoms. The average Bonchev–Trinajstić information content (AvgIpc) is 3.18. The van der Waals surface area contributed by atoms with Gasteiger partial charge in [-0.2, -0.15) is 0 Å². The monoisotopic (exact) mass is 428 g/mol. The van der Waals surface area contributed by atoms with Crippen LogP contribution < -0.4 is 5.32 Å². The maximum atomic E-state index is 12.7. The van der Waals surface area contributed by atoms with Gasteiger partial charge in [-0.1, -0.05) is 46.3 Å². The Morgan fingerprint density at radius 2 is 1.88 bits per heavy atom. The first-order valence-electron chi connectivity index (χ1n) is 7.98. The lowest BCUT2D eigenvalue weighted by Gasteiger charge is -2.18. The number of rotatable bonds is 5. The summed E-state index contributed by atoms with van der Waals surface area (Å²) in [5.74, 6) is -0.279. The predicted molar refractivity (Wildman–Crippen MR) is 109 cm³/mol. The summed E-state index contributed by atoms with van der Waals surface area (Å²) in [7, 11) is 1.76. The minimum absolute atomic E-state index is 0.104. The Labute approximate surface area is 164 Å². The van der Waals surface area contributed by atoms with Gasteiger partial charge in [0.25, 0.3) is 11.8 Å². The van der Waals surface area contributed by atoms with Crippen LogP contribution in [-0.2, 0) is 6.54 Å². The van der Waals surface area contributed by atoms with Crippen LogP contribution in [0.15, 0.2) is 70.5 Å². The van der Waals surface area contributed by atoms with Gasteiger partial charge in [-0.15, -0.1) is 11.3 Å². The van der Waals surface area contributed by atoms with Crippen molar-refractivity contribution in [2.45, 2.75) is 6.54 Å². The van der Waals surface area contributed by atoms with E-state index in [-0.39, 0.29) is 11.8 Å². The average molecular weight is 429 g/mol. The first-order valence-corrected chi connectivity index (χ1v) is 9.65. The van der Waals surface area contributed by atoms with Crippen LogP contribution in [0.3, 0.4) is 0 Å². The molecule has 0 aliphatic rings. The summed E-state index contributed by atoms with van der Waals surface area (Å²) in [6.07, 6.45) is 0. The van der Waals surface area contributed by atoms with Crippen molar-refractivity contribution in [3.8, 4) is 0 Å². The zero-order valence-corrected chi connectivity index (χ0v) is 16.5. The molecule has 0 aliphatic heterocycles. The number of nitrogens with one attached hydrogen (secondary N) is 1. The molecule has 3 rings (SSSR count). The number of carbonyl (C=O) groups excluding carboxylic acids is 2. The number of amides is 2. The van der Waals surface area contributed by atoms with Crippen molar-refractivity contribution in [3.05, 3.63) is 86.5 Å². The molecule has 1 aromatic heterocycles. The molecule has 0 saturated heterocycles. The Morgan fingerprint density at radius 3 is 2.62 bits per heavy atom. The number of nitrogens with zero attached hydrogens (tertiary/aromatic N) is 1. The van der Waals surface area contributed by atoms with E-state index in [0.29, 0.717) is 22.7 Å². The fourth-order valence-corrected chi connectivity index (χ4v) is 3.53. The van der Waals surface area contributed by atoms with Gasteiger partial charge in [-0.25, -0.2) is 0 Å². The third-order valence-corrected chi connectivity index (χ3v) is 5.47. The quantitative estimate of drug-likeness (QED) is 0.618. The third kappa shape index (κ3) is 4.39. The summed E-state index contributed by atoms with van der Waals surface area (Å²) in [4.78, 5) is 27.2. The molecule has 0 saturated carbocycles. The van der Waals surface area contributed by atoms with Crippen LogP contribution in [0.2, 0.25) is 0 Å². The summed E-state index contributed by atoms with van der Waals surface area (Å²) in [6, 6.07) is 18.4. The molecule has 0 atom stereocenters.